The van der Waals surface area contributed by atoms with Gasteiger partial charge in [-0.3, -0.25) is 4.79 Å². The minimum Gasteiger partial charge on any atom is -0.349 e. The standard InChI is InChI=1S/C16H23ClN2O3S/c1-3-23(21,22)19-10-8-13(9-11-19)16(20)18-12(2)14-6-4-5-7-15(14)17/h4-7,12-13H,3,8-11H2,1-2H3,(H,18,20). The molecule has 1 unspecified atom stereocenters. The van der Waals surface area contributed by atoms with Gasteiger partial charge < -0.3 is 5.32 Å². The highest BCUT2D eigenvalue weighted by Gasteiger charge is 2.30. The van der Waals surface area contributed by atoms with E-state index < -0.39 is 10.0 Å². The third-order valence-corrected chi connectivity index (χ3v) is 6.54. The second kappa shape index (κ2) is 7.64. The lowest BCUT2D eigenvalue weighted by Gasteiger charge is -2.31. The molecule has 0 bridgehead atoms. The van der Waals surface area contributed by atoms with Crippen molar-refractivity contribution in [3.05, 3.63) is 34.9 Å². The zero-order chi connectivity index (χ0) is 17.0. The summed E-state index contributed by atoms with van der Waals surface area (Å²) in [5.74, 6) is -0.0813. The fourth-order valence-corrected chi connectivity index (χ4v) is 4.25. The van der Waals surface area contributed by atoms with Gasteiger partial charge in [-0.15, -0.1) is 0 Å². The van der Waals surface area contributed by atoms with Gasteiger partial charge in [0.1, 0.15) is 0 Å². The van der Waals surface area contributed by atoms with Crippen molar-refractivity contribution in [3.8, 4) is 0 Å². The first-order chi connectivity index (χ1) is 10.8. The van der Waals surface area contributed by atoms with Crippen molar-refractivity contribution in [2.45, 2.75) is 32.7 Å². The lowest BCUT2D eigenvalue weighted by Crippen LogP contribution is -2.43. The molecule has 7 heteroatoms. The van der Waals surface area contributed by atoms with Crippen LogP contribution in [0.2, 0.25) is 5.02 Å². The van der Waals surface area contributed by atoms with Gasteiger partial charge in [0, 0.05) is 24.0 Å². The van der Waals surface area contributed by atoms with E-state index in [0.29, 0.717) is 31.0 Å². The second-order valence-corrected chi connectivity index (χ2v) is 8.49. The maximum Gasteiger partial charge on any atom is 0.223 e. The monoisotopic (exact) mass is 358 g/mol. The summed E-state index contributed by atoms with van der Waals surface area (Å²) >= 11 is 6.15. The van der Waals surface area contributed by atoms with E-state index in [2.05, 4.69) is 5.32 Å². The summed E-state index contributed by atoms with van der Waals surface area (Å²) in [6.45, 7) is 4.36. The van der Waals surface area contributed by atoms with E-state index >= 15 is 0 Å². The highest BCUT2D eigenvalue weighted by molar-refractivity contribution is 7.89. The molecule has 1 aliphatic rings. The number of piperidine rings is 1. The van der Waals surface area contributed by atoms with Crippen LogP contribution in [0.25, 0.3) is 0 Å². The molecule has 2 rings (SSSR count). The Morgan fingerprint density at radius 1 is 1.35 bits per heavy atom. The SMILES string of the molecule is CCS(=O)(=O)N1CCC(C(=O)NC(C)c2ccccc2Cl)CC1. The fraction of sp³-hybridized carbons (Fsp3) is 0.562. The van der Waals surface area contributed by atoms with Crippen LogP contribution in [-0.4, -0.2) is 37.5 Å². The van der Waals surface area contributed by atoms with Crippen molar-refractivity contribution in [2.75, 3.05) is 18.8 Å². The van der Waals surface area contributed by atoms with Gasteiger partial charge in [0.25, 0.3) is 0 Å². The van der Waals surface area contributed by atoms with E-state index in [4.69, 9.17) is 11.6 Å². The number of hydrogen-bond donors (Lipinski definition) is 1. The molecule has 1 aromatic carbocycles. The molecule has 1 saturated heterocycles. The minimum absolute atomic E-state index is 0.0361. The number of rotatable bonds is 5. The molecule has 128 valence electrons. The first kappa shape index (κ1) is 18.2. The Balaban J connectivity index is 1.92. The number of nitrogens with zero attached hydrogens (tertiary/aromatic N) is 1. The van der Waals surface area contributed by atoms with Crippen molar-refractivity contribution in [1.82, 2.24) is 9.62 Å². The molecule has 1 aliphatic heterocycles. The summed E-state index contributed by atoms with van der Waals surface area (Å²) < 4.78 is 25.2. The van der Waals surface area contributed by atoms with Crippen molar-refractivity contribution in [3.63, 3.8) is 0 Å². The average molecular weight is 359 g/mol. The Kier molecular flexibility index (Phi) is 6.06. The number of sulfonamides is 1. The van der Waals surface area contributed by atoms with Crippen LogP contribution < -0.4 is 5.32 Å². The number of carbonyl (C=O) groups excluding carboxylic acids is 1. The van der Waals surface area contributed by atoms with Gasteiger partial charge in [0.2, 0.25) is 15.9 Å². The molecule has 0 aliphatic carbocycles. The lowest BCUT2D eigenvalue weighted by molar-refractivity contribution is -0.126. The smallest absolute Gasteiger partial charge is 0.223 e. The Morgan fingerprint density at radius 3 is 2.52 bits per heavy atom. The molecule has 0 radical (unpaired) electrons. The summed E-state index contributed by atoms with van der Waals surface area (Å²) in [5.41, 5.74) is 0.883. The van der Waals surface area contributed by atoms with Crippen molar-refractivity contribution < 1.29 is 13.2 Å². The van der Waals surface area contributed by atoms with Gasteiger partial charge in [-0.25, -0.2) is 12.7 Å². The number of hydrogen-bond acceptors (Lipinski definition) is 3. The molecule has 23 heavy (non-hydrogen) atoms. The van der Waals surface area contributed by atoms with Gasteiger partial charge >= 0.3 is 0 Å². The minimum atomic E-state index is -3.16. The molecule has 5 nitrogen and oxygen atoms in total. The van der Waals surface area contributed by atoms with Gasteiger partial charge in [0.05, 0.1) is 11.8 Å². The molecular formula is C16H23ClN2O3S. The number of carbonyl (C=O) groups is 1. The van der Waals surface area contributed by atoms with E-state index in [1.54, 1.807) is 13.0 Å². The molecule has 0 saturated carbocycles. The molecule has 0 aromatic heterocycles. The van der Waals surface area contributed by atoms with Crippen LogP contribution in [0.3, 0.4) is 0 Å². The maximum atomic E-state index is 12.4. The molecular weight excluding hydrogens is 336 g/mol. The zero-order valence-electron chi connectivity index (χ0n) is 13.5. The normalized spacial score (nSPS) is 18.6. The third kappa shape index (κ3) is 4.46. The van der Waals surface area contributed by atoms with Gasteiger partial charge in [-0.1, -0.05) is 29.8 Å². The molecule has 0 spiro atoms. The predicted octanol–water partition coefficient (Wildman–Crippen LogP) is 2.58. The summed E-state index contributed by atoms with van der Waals surface area (Å²) in [6.07, 6.45) is 1.11. The molecule has 1 N–H and O–H groups in total. The van der Waals surface area contributed by atoms with Crippen molar-refractivity contribution in [2.24, 2.45) is 5.92 Å². The highest BCUT2D eigenvalue weighted by atomic mass is 35.5. The van der Waals surface area contributed by atoms with E-state index in [1.165, 1.54) is 4.31 Å². The first-order valence-electron chi connectivity index (χ1n) is 7.87. The number of nitrogens with one attached hydrogen (secondary N) is 1. The molecule has 1 fully saturated rings. The van der Waals surface area contributed by atoms with Crippen LogP contribution in [0, 0.1) is 5.92 Å². The quantitative estimate of drug-likeness (QED) is 0.879. The largest absolute Gasteiger partial charge is 0.349 e. The van der Waals surface area contributed by atoms with Crippen LogP contribution in [0.5, 0.6) is 0 Å². The van der Waals surface area contributed by atoms with Gasteiger partial charge in [-0.2, -0.15) is 0 Å². The van der Waals surface area contributed by atoms with Crippen molar-refractivity contribution in [1.29, 1.82) is 0 Å². The number of amides is 1. The van der Waals surface area contributed by atoms with Crippen LogP contribution in [0.4, 0.5) is 0 Å². The summed E-state index contributed by atoms with van der Waals surface area (Å²) in [5, 5.41) is 3.61. The summed E-state index contributed by atoms with van der Waals surface area (Å²) in [6, 6.07) is 7.26. The molecule has 1 atom stereocenters. The maximum absolute atomic E-state index is 12.4. The molecule has 1 aromatic rings. The van der Waals surface area contributed by atoms with E-state index in [9.17, 15) is 13.2 Å². The van der Waals surface area contributed by atoms with Crippen LogP contribution in [0.1, 0.15) is 38.3 Å². The van der Waals surface area contributed by atoms with E-state index in [-0.39, 0.29) is 23.6 Å². The third-order valence-electron chi connectivity index (χ3n) is 4.31. The highest BCUT2D eigenvalue weighted by Crippen LogP contribution is 2.24. The Bertz CT molecular complexity index is 655. The molecule has 1 heterocycles. The molecule has 1 amide bonds. The van der Waals surface area contributed by atoms with Crippen molar-refractivity contribution >= 4 is 27.5 Å². The number of benzene rings is 1. The number of halogens is 1. The zero-order valence-corrected chi connectivity index (χ0v) is 15.0. The van der Waals surface area contributed by atoms with Crippen LogP contribution in [0.15, 0.2) is 24.3 Å². The topological polar surface area (TPSA) is 66.5 Å². The lowest BCUT2D eigenvalue weighted by atomic mass is 9.96. The van der Waals surface area contributed by atoms with Crippen LogP contribution in [-0.2, 0) is 14.8 Å². The Morgan fingerprint density at radius 2 is 1.96 bits per heavy atom. The second-order valence-electron chi connectivity index (χ2n) is 5.83. The Labute approximate surface area is 143 Å². The van der Waals surface area contributed by atoms with E-state index in [0.717, 1.165) is 5.56 Å². The average Bonchev–Trinajstić information content (AvgIpc) is 2.55. The summed E-state index contributed by atoms with van der Waals surface area (Å²) in [7, 11) is -3.16. The Hall–Kier alpha value is -1.11. The fourth-order valence-electron chi connectivity index (χ4n) is 2.81. The van der Waals surface area contributed by atoms with Gasteiger partial charge in [-0.05, 0) is 38.3 Å². The summed E-state index contributed by atoms with van der Waals surface area (Å²) in [4.78, 5) is 12.4. The van der Waals surface area contributed by atoms with E-state index in [1.807, 2.05) is 25.1 Å². The van der Waals surface area contributed by atoms with Crippen LogP contribution >= 0.6 is 11.6 Å². The van der Waals surface area contributed by atoms with Gasteiger partial charge in [0.15, 0.2) is 0 Å². The first-order valence-corrected chi connectivity index (χ1v) is 9.86. The predicted molar refractivity (Wildman–Crippen MR) is 91.8 cm³/mol.